The third-order valence-electron chi connectivity index (χ3n) is 1.45. The van der Waals surface area contributed by atoms with Crippen LogP contribution in [-0.4, -0.2) is 0 Å². The number of benzene rings is 1. The van der Waals surface area contributed by atoms with Crippen LogP contribution in [0, 0.1) is 24.1 Å². The lowest BCUT2D eigenvalue weighted by molar-refractivity contribution is 0.619. The second-order valence-electron chi connectivity index (χ2n) is 2.30. The Hall–Kier alpha value is -1.56. The van der Waals surface area contributed by atoms with E-state index in [1.807, 2.05) is 6.07 Å². The van der Waals surface area contributed by atoms with Crippen molar-refractivity contribution in [1.82, 2.24) is 0 Å². The first-order chi connectivity index (χ1) is 5.15. The van der Waals surface area contributed by atoms with Crippen LogP contribution >= 0.6 is 0 Å². The molecule has 0 saturated heterocycles. The van der Waals surface area contributed by atoms with Crippen LogP contribution in [-0.2, 0) is 0 Å². The summed E-state index contributed by atoms with van der Waals surface area (Å²) < 4.78 is 12.7. The lowest BCUT2D eigenvalue weighted by atomic mass is 10.1. The Morgan fingerprint density at radius 3 is 2.73 bits per heavy atom. The number of halogens is 1. The van der Waals surface area contributed by atoms with E-state index >= 15 is 0 Å². The van der Waals surface area contributed by atoms with E-state index in [4.69, 9.17) is 11.0 Å². The van der Waals surface area contributed by atoms with E-state index in [1.165, 1.54) is 6.07 Å². The number of hydrogen-bond acceptors (Lipinski definition) is 2. The Morgan fingerprint density at radius 1 is 1.55 bits per heavy atom. The second-order valence-corrected chi connectivity index (χ2v) is 2.30. The average molecular weight is 150 g/mol. The molecule has 1 aromatic carbocycles. The molecule has 0 atom stereocenters. The van der Waals surface area contributed by atoms with Gasteiger partial charge in [0.05, 0.1) is 11.3 Å². The molecule has 0 aliphatic rings. The Morgan fingerprint density at radius 2 is 2.18 bits per heavy atom. The summed E-state index contributed by atoms with van der Waals surface area (Å²) in [6, 6.07) is 4.47. The maximum atomic E-state index is 12.7. The monoisotopic (exact) mass is 150 g/mol. The molecule has 2 N–H and O–H groups in total. The molecule has 0 fully saturated rings. The Labute approximate surface area is 64.1 Å². The molecule has 0 amide bonds. The summed E-state index contributed by atoms with van der Waals surface area (Å²) in [6.07, 6.45) is 0. The number of nitrogens with two attached hydrogens (primary N) is 1. The minimum atomic E-state index is -0.374. The molecule has 0 aromatic heterocycles. The summed E-state index contributed by atoms with van der Waals surface area (Å²) in [5.41, 5.74) is 6.29. The van der Waals surface area contributed by atoms with Gasteiger partial charge >= 0.3 is 0 Å². The van der Waals surface area contributed by atoms with Crippen molar-refractivity contribution < 1.29 is 4.39 Å². The molecular formula is C8H7FN2. The van der Waals surface area contributed by atoms with Crippen molar-refractivity contribution in [3.05, 3.63) is 29.1 Å². The summed E-state index contributed by atoms with van der Waals surface area (Å²) >= 11 is 0. The van der Waals surface area contributed by atoms with Gasteiger partial charge in [0.15, 0.2) is 0 Å². The molecule has 56 valence electrons. The number of nitriles is 1. The van der Waals surface area contributed by atoms with Crippen molar-refractivity contribution >= 4 is 5.69 Å². The van der Waals surface area contributed by atoms with Crippen LogP contribution in [0.5, 0.6) is 0 Å². The van der Waals surface area contributed by atoms with E-state index in [9.17, 15) is 4.39 Å². The number of hydrogen-bond donors (Lipinski definition) is 1. The highest BCUT2D eigenvalue weighted by molar-refractivity contribution is 5.55. The minimum Gasteiger partial charge on any atom is -0.398 e. The molecule has 1 rings (SSSR count). The maximum absolute atomic E-state index is 12.7. The lowest BCUT2D eigenvalue weighted by Gasteiger charge is -1.99. The summed E-state index contributed by atoms with van der Waals surface area (Å²) in [5, 5.41) is 8.48. The van der Waals surface area contributed by atoms with Gasteiger partial charge in [0, 0.05) is 0 Å². The number of anilines is 1. The molecule has 0 saturated carbocycles. The number of nitrogens with zero attached hydrogens (tertiary/aromatic N) is 1. The standard InChI is InChI=1S/C8H7FN2/c1-5-2-6(4-10)8(11)3-7(5)9/h2-3H,11H2,1H3. The minimum absolute atomic E-state index is 0.190. The first kappa shape index (κ1) is 7.55. The number of nitrogen functional groups attached to an aromatic ring is 1. The van der Waals surface area contributed by atoms with Crippen molar-refractivity contribution in [3.8, 4) is 6.07 Å². The Bertz CT molecular complexity index is 326. The topological polar surface area (TPSA) is 49.8 Å². The van der Waals surface area contributed by atoms with Gasteiger partial charge in [0.2, 0.25) is 0 Å². The zero-order valence-electron chi connectivity index (χ0n) is 6.06. The van der Waals surface area contributed by atoms with Gasteiger partial charge in [-0.05, 0) is 24.6 Å². The summed E-state index contributed by atoms with van der Waals surface area (Å²) in [5.74, 6) is -0.374. The van der Waals surface area contributed by atoms with Crippen molar-refractivity contribution in [2.45, 2.75) is 6.92 Å². The highest BCUT2D eigenvalue weighted by atomic mass is 19.1. The molecule has 0 aliphatic carbocycles. The fourth-order valence-corrected chi connectivity index (χ4v) is 0.794. The molecule has 1 aromatic rings. The third-order valence-corrected chi connectivity index (χ3v) is 1.45. The van der Waals surface area contributed by atoms with Gasteiger partial charge in [-0.1, -0.05) is 0 Å². The quantitative estimate of drug-likeness (QED) is 0.571. The van der Waals surface area contributed by atoms with E-state index in [0.29, 0.717) is 11.1 Å². The van der Waals surface area contributed by atoms with Gasteiger partial charge in [-0.2, -0.15) is 5.26 Å². The molecule has 0 unspecified atom stereocenters. The lowest BCUT2D eigenvalue weighted by Crippen LogP contribution is -1.93. The van der Waals surface area contributed by atoms with Crippen LogP contribution in [0.2, 0.25) is 0 Å². The summed E-state index contributed by atoms with van der Waals surface area (Å²) in [6.45, 7) is 1.59. The molecule has 2 nitrogen and oxygen atoms in total. The van der Waals surface area contributed by atoms with E-state index in [1.54, 1.807) is 6.92 Å². The number of aryl methyl sites for hydroxylation is 1. The highest BCUT2D eigenvalue weighted by Crippen LogP contribution is 2.15. The maximum Gasteiger partial charge on any atom is 0.128 e. The SMILES string of the molecule is Cc1cc(C#N)c(N)cc1F. The molecule has 0 bridgehead atoms. The van der Waals surface area contributed by atoms with Gasteiger partial charge in [0.1, 0.15) is 11.9 Å². The molecule has 3 heteroatoms. The van der Waals surface area contributed by atoms with Crippen molar-refractivity contribution in [3.63, 3.8) is 0 Å². The van der Waals surface area contributed by atoms with Crippen LogP contribution in [0.15, 0.2) is 12.1 Å². The molecule has 0 radical (unpaired) electrons. The zero-order chi connectivity index (χ0) is 8.43. The normalized spacial score (nSPS) is 9.18. The molecule has 0 spiro atoms. The zero-order valence-corrected chi connectivity index (χ0v) is 6.06. The Balaban J connectivity index is 3.35. The fraction of sp³-hybridized carbons (Fsp3) is 0.125. The van der Waals surface area contributed by atoms with Gasteiger partial charge < -0.3 is 5.73 Å². The predicted molar refractivity (Wildman–Crippen MR) is 40.3 cm³/mol. The molecule has 0 heterocycles. The van der Waals surface area contributed by atoms with Crippen molar-refractivity contribution in [1.29, 1.82) is 5.26 Å². The average Bonchev–Trinajstić information content (AvgIpc) is 1.97. The molecule has 11 heavy (non-hydrogen) atoms. The predicted octanol–water partition coefficient (Wildman–Crippen LogP) is 1.59. The fourth-order valence-electron chi connectivity index (χ4n) is 0.794. The Kier molecular flexibility index (Phi) is 1.77. The van der Waals surface area contributed by atoms with Gasteiger partial charge in [0.25, 0.3) is 0 Å². The smallest absolute Gasteiger partial charge is 0.128 e. The number of rotatable bonds is 0. The van der Waals surface area contributed by atoms with Crippen LogP contribution in [0.1, 0.15) is 11.1 Å². The highest BCUT2D eigenvalue weighted by Gasteiger charge is 2.02. The molecule has 0 aliphatic heterocycles. The van der Waals surface area contributed by atoms with Crippen LogP contribution in [0.25, 0.3) is 0 Å². The second kappa shape index (κ2) is 2.59. The summed E-state index contributed by atoms with van der Waals surface area (Å²) in [4.78, 5) is 0. The largest absolute Gasteiger partial charge is 0.398 e. The first-order valence-corrected chi connectivity index (χ1v) is 3.11. The van der Waals surface area contributed by atoms with Crippen LogP contribution in [0.4, 0.5) is 10.1 Å². The van der Waals surface area contributed by atoms with Crippen molar-refractivity contribution in [2.24, 2.45) is 0 Å². The van der Waals surface area contributed by atoms with Gasteiger partial charge in [-0.3, -0.25) is 0 Å². The van der Waals surface area contributed by atoms with E-state index in [2.05, 4.69) is 0 Å². The van der Waals surface area contributed by atoms with E-state index in [-0.39, 0.29) is 11.5 Å². The van der Waals surface area contributed by atoms with Gasteiger partial charge in [-0.15, -0.1) is 0 Å². The van der Waals surface area contributed by atoms with E-state index < -0.39 is 0 Å². The van der Waals surface area contributed by atoms with Crippen LogP contribution in [0.3, 0.4) is 0 Å². The third kappa shape index (κ3) is 1.30. The van der Waals surface area contributed by atoms with Gasteiger partial charge in [-0.25, -0.2) is 4.39 Å². The van der Waals surface area contributed by atoms with E-state index in [0.717, 1.165) is 6.07 Å². The van der Waals surface area contributed by atoms with Crippen LogP contribution < -0.4 is 5.73 Å². The molecular weight excluding hydrogens is 143 g/mol. The summed E-state index contributed by atoms with van der Waals surface area (Å²) in [7, 11) is 0. The van der Waals surface area contributed by atoms with Crippen molar-refractivity contribution in [2.75, 3.05) is 5.73 Å². The first-order valence-electron chi connectivity index (χ1n) is 3.11.